The molecule has 0 aliphatic heterocycles. The fourth-order valence-corrected chi connectivity index (χ4v) is 1.84. The Morgan fingerprint density at radius 1 is 1.35 bits per heavy atom. The molecule has 1 heterocycles. The highest BCUT2D eigenvalue weighted by atomic mass is 35.5. The summed E-state index contributed by atoms with van der Waals surface area (Å²) in [5, 5.41) is 14.4. The standard InChI is InChI=1S/C13H12ClN3O3/c1-8-7-9(14)3-5-11(8)20-13-10(17(18)19)4-6-12(15-2)16-13/h3-7H,1-2H3,(H,15,16). The fraction of sp³-hybridized carbons (Fsp3) is 0.154. The molecule has 0 bridgehead atoms. The van der Waals surface area contributed by atoms with Gasteiger partial charge in [0.2, 0.25) is 0 Å². The number of aromatic nitrogens is 1. The minimum atomic E-state index is -0.535. The van der Waals surface area contributed by atoms with Crippen molar-refractivity contribution in [2.75, 3.05) is 12.4 Å². The lowest BCUT2D eigenvalue weighted by atomic mass is 10.2. The Hall–Kier alpha value is -2.34. The van der Waals surface area contributed by atoms with Gasteiger partial charge in [-0.15, -0.1) is 0 Å². The number of pyridine rings is 1. The minimum Gasteiger partial charge on any atom is -0.433 e. The second kappa shape index (κ2) is 5.75. The summed E-state index contributed by atoms with van der Waals surface area (Å²) in [4.78, 5) is 14.5. The van der Waals surface area contributed by atoms with Crippen molar-refractivity contribution in [2.24, 2.45) is 0 Å². The Bertz CT molecular complexity index is 661. The predicted molar refractivity (Wildman–Crippen MR) is 76.7 cm³/mol. The van der Waals surface area contributed by atoms with Gasteiger partial charge in [0.15, 0.2) is 0 Å². The summed E-state index contributed by atoms with van der Waals surface area (Å²) in [7, 11) is 1.67. The molecule has 0 fully saturated rings. The third kappa shape index (κ3) is 2.97. The summed E-state index contributed by atoms with van der Waals surface area (Å²) < 4.78 is 5.55. The molecule has 0 saturated heterocycles. The van der Waals surface area contributed by atoms with E-state index >= 15 is 0 Å². The fourth-order valence-electron chi connectivity index (χ4n) is 1.62. The van der Waals surface area contributed by atoms with E-state index in [1.807, 2.05) is 0 Å². The van der Waals surface area contributed by atoms with Crippen LogP contribution in [-0.4, -0.2) is 17.0 Å². The molecule has 6 nitrogen and oxygen atoms in total. The maximum atomic E-state index is 11.0. The van der Waals surface area contributed by atoms with Crippen molar-refractivity contribution in [1.82, 2.24) is 4.98 Å². The number of nitrogens with zero attached hydrogens (tertiary/aromatic N) is 2. The third-order valence-electron chi connectivity index (χ3n) is 2.64. The Morgan fingerprint density at radius 2 is 2.10 bits per heavy atom. The first-order valence-electron chi connectivity index (χ1n) is 5.78. The van der Waals surface area contributed by atoms with E-state index in [9.17, 15) is 10.1 Å². The first kappa shape index (κ1) is 14.1. The van der Waals surface area contributed by atoms with E-state index in [0.717, 1.165) is 5.56 Å². The molecule has 0 atom stereocenters. The molecular weight excluding hydrogens is 282 g/mol. The van der Waals surface area contributed by atoms with Crippen molar-refractivity contribution in [3.8, 4) is 11.6 Å². The lowest BCUT2D eigenvalue weighted by Crippen LogP contribution is -2.00. The van der Waals surface area contributed by atoms with Crippen LogP contribution in [0.5, 0.6) is 11.6 Å². The number of anilines is 1. The van der Waals surface area contributed by atoms with E-state index in [1.165, 1.54) is 12.1 Å². The van der Waals surface area contributed by atoms with E-state index in [-0.39, 0.29) is 11.6 Å². The lowest BCUT2D eigenvalue weighted by molar-refractivity contribution is -0.386. The molecule has 7 heteroatoms. The van der Waals surface area contributed by atoms with Gasteiger partial charge in [0.25, 0.3) is 0 Å². The number of nitrogens with one attached hydrogen (secondary N) is 1. The summed E-state index contributed by atoms with van der Waals surface area (Å²) in [6.45, 7) is 1.80. The monoisotopic (exact) mass is 293 g/mol. The quantitative estimate of drug-likeness (QED) is 0.685. The first-order chi connectivity index (χ1) is 9.51. The van der Waals surface area contributed by atoms with Crippen molar-refractivity contribution >= 4 is 23.1 Å². The maximum absolute atomic E-state index is 11.0. The molecule has 104 valence electrons. The van der Waals surface area contributed by atoms with Crippen LogP contribution in [0.2, 0.25) is 5.02 Å². The van der Waals surface area contributed by atoms with Crippen LogP contribution < -0.4 is 10.1 Å². The zero-order valence-corrected chi connectivity index (χ0v) is 11.6. The summed E-state index contributed by atoms with van der Waals surface area (Å²) in [5.74, 6) is 0.891. The smallest absolute Gasteiger partial charge is 0.331 e. The van der Waals surface area contributed by atoms with Crippen molar-refractivity contribution in [1.29, 1.82) is 0 Å². The molecule has 2 aromatic rings. The molecule has 1 aromatic heterocycles. The summed E-state index contributed by atoms with van der Waals surface area (Å²) in [5.41, 5.74) is 0.571. The van der Waals surface area contributed by atoms with E-state index in [2.05, 4.69) is 10.3 Å². The summed E-state index contributed by atoms with van der Waals surface area (Å²) in [6, 6.07) is 7.87. The SMILES string of the molecule is CNc1ccc([N+](=O)[O-])c(Oc2ccc(Cl)cc2C)n1. The van der Waals surface area contributed by atoms with Crippen molar-refractivity contribution in [3.63, 3.8) is 0 Å². The van der Waals surface area contributed by atoms with E-state index in [1.54, 1.807) is 32.2 Å². The molecule has 0 saturated carbocycles. The summed E-state index contributed by atoms with van der Waals surface area (Å²) in [6.07, 6.45) is 0. The number of benzene rings is 1. The highest BCUT2D eigenvalue weighted by Gasteiger charge is 2.19. The summed E-state index contributed by atoms with van der Waals surface area (Å²) >= 11 is 5.86. The zero-order valence-electron chi connectivity index (χ0n) is 10.9. The average Bonchev–Trinajstić information content (AvgIpc) is 2.41. The molecule has 0 spiro atoms. The number of hydrogen-bond acceptors (Lipinski definition) is 5. The normalized spacial score (nSPS) is 10.2. The van der Waals surface area contributed by atoms with Gasteiger partial charge in [-0.25, -0.2) is 0 Å². The van der Waals surface area contributed by atoms with Crippen LogP contribution in [0.4, 0.5) is 11.5 Å². The molecule has 1 N–H and O–H groups in total. The molecule has 0 aliphatic carbocycles. The zero-order chi connectivity index (χ0) is 14.7. The minimum absolute atomic E-state index is 0.0627. The van der Waals surface area contributed by atoms with Crippen LogP contribution in [0.3, 0.4) is 0 Å². The van der Waals surface area contributed by atoms with Gasteiger partial charge < -0.3 is 10.1 Å². The molecule has 1 aromatic carbocycles. The molecule has 0 unspecified atom stereocenters. The van der Waals surface area contributed by atoms with Gasteiger partial charge in [-0.05, 0) is 36.8 Å². The number of halogens is 1. The second-order valence-corrected chi connectivity index (χ2v) is 4.48. The van der Waals surface area contributed by atoms with Crippen LogP contribution >= 0.6 is 11.6 Å². The average molecular weight is 294 g/mol. The number of nitro groups is 1. The molecule has 0 amide bonds. The Labute approximate surface area is 120 Å². The van der Waals surface area contributed by atoms with Gasteiger partial charge in [0, 0.05) is 18.1 Å². The van der Waals surface area contributed by atoms with Gasteiger partial charge in [0.05, 0.1) is 4.92 Å². The highest BCUT2D eigenvalue weighted by Crippen LogP contribution is 2.32. The van der Waals surface area contributed by atoms with Gasteiger partial charge in [0.1, 0.15) is 11.6 Å². The highest BCUT2D eigenvalue weighted by molar-refractivity contribution is 6.30. The van der Waals surface area contributed by atoms with Crippen LogP contribution in [0.1, 0.15) is 5.56 Å². The first-order valence-corrected chi connectivity index (χ1v) is 6.16. The molecular formula is C13H12ClN3O3. The maximum Gasteiger partial charge on any atom is 0.331 e. The van der Waals surface area contributed by atoms with E-state index in [4.69, 9.17) is 16.3 Å². The number of hydrogen-bond donors (Lipinski definition) is 1. The van der Waals surface area contributed by atoms with Gasteiger partial charge >= 0.3 is 11.6 Å². The third-order valence-corrected chi connectivity index (χ3v) is 2.87. The molecule has 2 rings (SSSR count). The Balaban J connectivity index is 2.43. The topological polar surface area (TPSA) is 77.3 Å². The van der Waals surface area contributed by atoms with Crippen LogP contribution in [-0.2, 0) is 0 Å². The van der Waals surface area contributed by atoms with E-state index in [0.29, 0.717) is 16.6 Å². The van der Waals surface area contributed by atoms with Gasteiger partial charge in [-0.3, -0.25) is 10.1 Å². The van der Waals surface area contributed by atoms with Crippen molar-refractivity contribution < 1.29 is 9.66 Å². The Morgan fingerprint density at radius 3 is 2.70 bits per heavy atom. The van der Waals surface area contributed by atoms with Gasteiger partial charge in [-0.1, -0.05) is 11.6 Å². The van der Waals surface area contributed by atoms with Crippen molar-refractivity contribution in [2.45, 2.75) is 6.92 Å². The van der Waals surface area contributed by atoms with Crippen LogP contribution in [0, 0.1) is 17.0 Å². The lowest BCUT2D eigenvalue weighted by Gasteiger charge is -2.09. The predicted octanol–water partition coefficient (Wildman–Crippen LogP) is 3.79. The van der Waals surface area contributed by atoms with E-state index < -0.39 is 4.92 Å². The van der Waals surface area contributed by atoms with Crippen molar-refractivity contribution in [3.05, 3.63) is 51.0 Å². The Kier molecular flexibility index (Phi) is 4.05. The van der Waals surface area contributed by atoms with Crippen LogP contribution in [0.15, 0.2) is 30.3 Å². The number of aryl methyl sites for hydroxylation is 1. The molecule has 20 heavy (non-hydrogen) atoms. The molecule has 0 radical (unpaired) electrons. The number of ether oxygens (including phenoxy) is 1. The second-order valence-electron chi connectivity index (χ2n) is 4.04. The number of rotatable bonds is 4. The largest absolute Gasteiger partial charge is 0.433 e. The van der Waals surface area contributed by atoms with Crippen LogP contribution in [0.25, 0.3) is 0 Å². The molecule has 0 aliphatic rings. The van der Waals surface area contributed by atoms with Gasteiger partial charge in [-0.2, -0.15) is 4.98 Å².